The first-order chi connectivity index (χ1) is 13.2. The predicted octanol–water partition coefficient (Wildman–Crippen LogP) is 5.56. The minimum atomic E-state index is -0.0538. The standard InChI is InChI=1S/C22H18ClN3O/c1-15-7-9-16(10-8-15)22(11-12-22)21-25-24-20-19(6-3-13-26(20)21)27-18-5-2-4-17(23)14-18/h2-10,13-14H,11-12H2,1H3. The number of hydrogen-bond acceptors (Lipinski definition) is 3. The summed E-state index contributed by atoms with van der Waals surface area (Å²) < 4.78 is 8.08. The maximum atomic E-state index is 6.07. The van der Waals surface area contributed by atoms with Crippen molar-refractivity contribution >= 4 is 17.2 Å². The van der Waals surface area contributed by atoms with Gasteiger partial charge in [0.15, 0.2) is 5.75 Å². The first kappa shape index (κ1) is 16.3. The van der Waals surface area contributed by atoms with Crippen LogP contribution in [-0.2, 0) is 5.41 Å². The van der Waals surface area contributed by atoms with Crippen LogP contribution in [-0.4, -0.2) is 14.6 Å². The van der Waals surface area contributed by atoms with Crippen LogP contribution in [0.25, 0.3) is 5.65 Å². The van der Waals surface area contributed by atoms with Crippen LogP contribution in [0.1, 0.15) is 29.8 Å². The van der Waals surface area contributed by atoms with Gasteiger partial charge < -0.3 is 4.74 Å². The Hall–Kier alpha value is -2.85. The van der Waals surface area contributed by atoms with Gasteiger partial charge in [-0.1, -0.05) is 47.5 Å². The van der Waals surface area contributed by atoms with Crippen molar-refractivity contribution in [1.82, 2.24) is 14.6 Å². The first-order valence-corrected chi connectivity index (χ1v) is 9.38. The zero-order valence-electron chi connectivity index (χ0n) is 14.9. The summed E-state index contributed by atoms with van der Waals surface area (Å²) in [5, 5.41) is 9.63. The van der Waals surface area contributed by atoms with Crippen LogP contribution in [0.15, 0.2) is 66.9 Å². The van der Waals surface area contributed by atoms with Crippen molar-refractivity contribution in [3.05, 3.63) is 88.8 Å². The van der Waals surface area contributed by atoms with Crippen molar-refractivity contribution in [2.75, 3.05) is 0 Å². The molecule has 0 aliphatic heterocycles. The molecule has 5 heteroatoms. The molecule has 0 spiro atoms. The van der Waals surface area contributed by atoms with E-state index in [0.29, 0.717) is 22.2 Å². The van der Waals surface area contributed by atoms with E-state index in [1.807, 2.05) is 40.9 Å². The Kier molecular flexibility index (Phi) is 3.69. The van der Waals surface area contributed by atoms with Crippen molar-refractivity contribution in [2.45, 2.75) is 25.2 Å². The lowest BCUT2D eigenvalue weighted by Gasteiger charge is -2.14. The van der Waals surface area contributed by atoms with E-state index in [-0.39, 0.29) is 5.41 Å². The highest BCUT2D eigenvalue weighted by molar-refractivity contribution is 6.30. The molecule has 0 N–H and O–H groups in total. The number of benzene rings is 2. The molecule has 134 valence electrons. The van der Waals surface area contributed by atoms with Crippen molar-refractivity contribution in [3.8, 4) is 11.5 Å². The monoisotopic (exact) mass is 375 g/mol. The Balaban J connectivity index is 1.57. The normalized spacial score (nSPS) is 15.0. The molecule has 2 heterocycles. The fraction of sp³-hybridized carbons (Fsp3) is 0.182. The van der Waals surface area contributed by atoms with Gasteiger partial charge in [-0.2, -0.15) is 0 Å². The molecule has 1 aliphatic carbocycles. The van der Waals surface area contributed by atoms with Crippen LogP contribution < -0.4 is 4.74 Å². The summed E-state index contributed by atoms with van der Waals surface area (Å²) in [7, 11) is 0. The molecule has 0 atom stereocenters. The molecule has 4 aromatic rings. The highest BCUT2D eigenvalue weighted by atomic mass is 35.5. The average Bonchev–Trinajstić information content (AvgIpc) is 3.34. The van der Waals surface area contributed by atoms with Gasteiger partial charge in [-0.05, 0) is 55.7 Å². The van der Waals surface area contributed by atoms with E-state index in [4.69, 9.17) is 16.3 Å². The number of fused-ring (bicyclic) bond motifs is 1. The van der Waals surface area contributed by atoms with Gasteiger partial charge >= 0.3 is 0 Å². The maximum absolute atomic E-state index is 6.07. The van der Waals surface area contributed by atoms with Crippen molar-refractivity contribution in [2.24, 2.45) is 0 Å². The average molecular weight is 376 g/mol. The Morgan fingerprint density at radius 3 is 2.56 bits per heavy atom. The second kappa shape index (κ2) is 6.10. The highest BCUT2D eigenvalue weighted by Crippen LogP contribution is 2.53. The predicted molar refractivity (Wildman–Crippen MR) is 106 cm³/mol. The summed E-state index contributed by atoms with van der Waals surface area (Å²) in [6, 6.07) is 19.9. The molecular formula is C22H18ClN3O. The molecular weight excluding hydrogens is 358 g/mol. The Morgan fingerprint density at radius 2 is 1.81 bits per heavy atom. The topological polar surface area (TPSA) is 39.4 Å². The molecule has 4 nitrogen and oxygen atoms in total. The smallest absolute Gasteiger partial charge is 0.203 e. The van der Waals surface area contributed by atoms with Crippen LogP contribution in [0.2, 0.25) is 5.02 Å². The van der Waals surface area contributed by atoms with Crippen molar-refractivity contribution < 1.29 is 4.74 Å². The highest BCUT2D eigenvalue weighted by Gasteiger charge is 2.49. The quantitative estimate of drug-likeness (QED) is 0.468. The van der Waals surface area contributed by atoms with E-state index >= 15 is 0 Å². The lowest BCUT2D eigenvalue weighted by molar-refractivity contribution is 0.484. The second-order valence-electron chi connectivity index (χ2n) is 7.10. The molecule has 0 radical (unpaired) electrons. The lowest BCUT2D eigenvalue weighted by Crippen LogP contribution is -2.13. The van der Waals surface area contributed by atoms with Crippen molar-refractivity contribution in [3.63, 3.8) is 0 Å². The number of rotatable bonds is 4. The molecule has 2 aromatic carbocycles. The van der Waals surface area contributed by atoms with Crippen LogP contribution >= 0.6 is 11.6 Å². The Labute approximate surface area is 162 Å². The Morgan fingerprint density at radius 1 is 1.00 bits per heavy atom. The van der Waals surface area contributed by atoms with Crippen LogP contribution in [0, 0.1) is 6.92 Å². The van der Waals surface area contributed by atoms with Gasteiger partial charge in [0.05, 0.1) is 5.41 Å². The van der Waals surface area contributed by atoms with E-state index in [2.05, 4.69) is 41.4 Å². The minimum Gasteiger partial charge on any atom is -0.453 e. The molecule has 2 aromatic heterocycles. The SMILES string of the molecule is Cc1ccc(C2(c3nnc4c(Oc5cccc(Cl)c5)cccn34)CC2)cc1. The second-order valence-corrected chi connectivity index (χ2v) is 7.53. The molecule has 0 bridgehead atoms. The van der Waals surface area contributed by atoms with E-state index < -0.39 is 0 Å². The summed E-state index contributed by atoms with van der Waals surface area (Å²) in [5.41, 5.74) is 3.22. The lowest BCUT2D eigenvalue weighted by atomic mass is 9.94. The molecule has 0 amide bonds. The fourth-order valence-electron chi connectivity index (χ4n) is 3.59. The van der Waals surface area contributed by atoms with E-state index in [1.54, 1.807) is 6.07 Å². The van der Waals surface area contributed by atoms with Gasteiger partial charge in [-0.3, -0.25) is 4.40 Å². The fourth-order valence-corrected chi connectivity index (χ4v) is 3.77. The zero-order chi connectivity index (χ0) is 18.4. The van der Waals surface area contributed by atoms with Gasteiger partial charge in [0, 0.05) is 11.2 Å². The van der Waals surface area contributed by atoms with Gasteiger partial charge in [-0.25, -0.2) is 0 Å². The van der Waals surface area contributed by atoms with E-state index in [1.165, 1.54) is 11.1 Å². The third kappa shape index (κ3) is 2.77. The molecule has 1 aliphatic rings. The van der Waals surface area contributed by atoms with Gasteiger partial charge in [0.25, 0.3) is 0 Å². The Bertz CT molecular complexity index is 1130. The van der Waals surface area contributed by atoms with Crippen molar-refractivity contribution in [1.29, 1.82) is 0 Å². The minimum absolute atomic E-state index is 0.0538. The summed E-state index contributed by atoms with van der Waals surface area (Å²) in [5.74, 6) is 2.32. The molecule has 27 heavy (non-hydrogen) atoms. The number of ether oxygens (including phenoxy) is 1. The van der Waals surface area contributed by atoms with E-state index in [0.717, 1.165) is 18.7 Å². The van der Waals surface area contributed by atoms with Gasteiger partial charge in [-0.15, -0.1) is 10.2 Å². The number of aromatic nitrogens is 3. The molecule has 5 rings (SSSR count). The summed E-state index contributed by atoms with van der Waals surface area (Å²) in [4.78, 5) is 0. The first-order valence-electron chi connectivity index (χ1n) is 9.01. The maximum Gasteiger partial charge on any atom is 0.203 e. The van der Waals surface area contributed by atoms with Gasteiger partial charge in [0.1, 0.15) is 11.6 Å². The van der Waals surface area contributed by atoms with E-state index in [9.17, 15) is 0 Å². The van der Waals surface area contributed by atoms with Gasteiger partial charge in [0.2, 0.25) is 5.65 Å². The molecule has 1 saturated carbocycles. The van der Waals surface area contributed by atoms with Crippen LogP contribution in [0.5, 0.6) is 11.5 Å². The third-order valence-corrected chi connectivity index (χ3v) is 5.44. The summed E-state index contributed by atoms with van der Waals surface area (Å²) >= 11 is 6.07. The summed E-state index contributed by atoms with van der Waals surface area (Å²) in [6.45, 7) is 2.11. The number of aryl methyl sites for hydroxylation is 1. The number of pyridine rings is 1. The largest absolute Gasteiger partial charge is 0.453 e. The number of halogens is 1. The third-order valence-electron chi connectivity index (χ3n) is 5.21. The zero-order valence-corrected chi connectivity index (χ0v) is 15.6. The van der Waals surface area contributed by atoms with Crippen LogP contribution in [0.3, 0.4) is 0 Å². The number of hydrogen-bond donors (Lipinski definition) is 0. The van der Waals surface area contributed by atoms with Crippen LogP contribution in [0.4, 0.5) is 0 Å². The molecule has 0 unspecified atom stereocenters. The molecule has 1 fully saturated rings. The summed E-state index contributed by atoms with van der Waals surface area (Å²) in [6.07, 6.45) is 4.16. The number of nitrogens with zero attached hydrogens (tertiary/aromatic N) is 3. The molecule has 0 saturated heterocycles.